The molecule has 3 rings (SSSR count). The van der Waals surface area contributed by atoms with E-state index in [4.69, 9.17) is 4.74 Å². The van der Waals surface area contributed by atoms with Crippen molar-refractivity contribution in [3.05, 3.63) is 53.3 Å². The SMILES string of the molecule is Cc1ccccc1C[C@]1(CO)CN(C(=O)CCc2cnn(C)c2)CCO1. The van der Waals surface area contributed by atoms with Crippen molar-refractivity contribution in [3.63, 3.8) is 0 Å². The minimum atomic E-state index is -0.728. The summed E-state index contributed by atoms with van der Waals surface area (Å²) < 4.78 is 7.71. The van der Waals surface area contributed by atoms with E-state index < -0.39 is 5.60 Å². The zero-order chi connectivity index (χ0) is 18.6. The number of morpholine rings is 1. The van der Waals surface area contributed by atoms with Crippen LogP contribution < -0.4 is 0 Å². The van der Waals surface area contributed by atoms with Gasteiger partial charge in [0.15, 0.2) is 0 Å². The van der Waals surface area contributed by atoms with Gasteiger partial charge in [0, 0.05) is 32.6 Å². The number of amides is 1. The summed E-state index contributed by atoms with van der Waals surface area (Å²) in [5.41, 5.74) is 2.64. The lowest BCUT2D eigenvalue weighted by Gasteiger charge is -2.42. The number of ether oxygens (including phenoxy) is 1. The van der Waals surface area contributed by atoms with Gasteiger partial charge in [-0.25, -0.2) is 0 Å². The Morgan fingerprint density at radius 2 is 2.19 bits per heavy atom. The second kappa shape index (κ2) is 8.01. The predicted octanol–water partition coefficient (Wildman–Crippen LogP) is 1.49. The Balaban J connectivity index is 1.64. The second-order valence-electron chi connectivity index (χ2n) is 7.13. The molecule has 1 saturated heterocycles. The lowest BCUT2D eigenvalue weighted by atomic mass is 9.90. The Morgan fingerprint density at radius 1 is 1.38 bits per heavy atom. The molecule has 2 heterocycles. The van der Waals surface area contributed by atoms with Gasteiger partial charge in [-0.15, -0.1) is 0 Å². The molecule has 0 radical (unpaired) electrons. The van der Waals surface area contributed by atoms with Crippen LogP contribution in [-0.4, -0.2) is 57.6 Å². The smallest absolute Gasteiger partial charge is 0.223 e. The third-order valence-corrected chi connectivity index (χ3v) is 5.05. The highest BCUT2D eigenvalue weighted by atomic mass is 16.5. The standard InChI is InChI=1S/C20H27N3O3/c1-16-5-3-4-6-18(16)11-20(15-24)14-23(9-10-26-20)19(25)8-7-17-12-21-22(2)13-17/h3-6,12-13,24H,7-11,14-15H2,1-2H3/t20-/m1/s1. The van der Waals surface area contributed by atoms with E-state index in [1.54, 1.807) is 10.9 Å². The zero-order valence-electron chi connectivity index (χ0n) is 15.5. The zero-order valence-corrected chi connectivity index (χ0v) is 15.5. The summed E-state index contributed by atoms with van der Waals surface area (Å²) in [6.45, 7) is 3.39. The van der Waals surface area contributed by atoms with Gasteiger partial charge in [0.05, 0.1) is 26.0 Å². The molecule has 26 heavy (non-hydrogen) atoms. The Hall–Kier alpha value is -2.18. The number of nitrogens with zero attached hydrogens (tertiary/aromatic N) is 3. The van der Waals surface area contributed by atoms with E-state index in [1.165, 1.54) is 5.56 Å². The van der Waals surface area contributed by atoms with Crippen LogP contribution in [0.25, 0.3) is 0 Å². The molecule has 0 bridgehead atoms. The van der Waals surface area contributed by atoms with Crippen molar-refractivity contribution in [2.45, 2.75) is 31.8 Å². The van der Waals surface area contributed by atoms with Gasteiger partial charge in [-0.1, -0.05) is 24.3 Å². The van der Waals surface area contributed by atoms with Gasteiger partial charge < -0.3 is 14.7 Å². The maximum atomic E-state index is 12.7. The third-order valence-electron chi connectivity index (χ3n) is 5.05. The first-order valence-corrected chi connectivity index (χ1v) is 9.06. The van der Waals surface area contributed by atoms with E-state index in [0.29, 0.717) is 39.0 Å². The molecule has 1 fully saturated rings. The van der Waals surface area contributed by atoms with E-state index >= 15 is 0 Å². The molecule has 0 saturated carbocycles. The number of benzene rings is 1. The number of aliphatic hydroxyl groups is 1. The van der Waals surface area contributed by atoms with E-state index in [2.05, 4.69) is 24.2 Å². The van der Waals surface area contributed by atoms with Crippen molar-refractivity contribution in [1.29, 1.82) is 0 Å². The molecule has 1 atom stereocenters. The number of aromatic nitrogens is 2. The lowest BCUT2D eigenvalue weighted by Crippen LogP contribution is -2.56. The topological polar surface area (TPSA) is 67.6 Å². The molecule has 1 N–H and O–H groups in total. The van der Waals surface area contributed by atoms with Crippen LogP contribution in [0.4, 0.5) is 0 Å². The number of carbonyl (C=O) groups excluding carboxylic acids is 1. The fourth-order valence-corrected chi connectivity index (χ4v) is 3.48. The Kier molecular flexibility index (Phi) is 5.74. The highest BCUT2D eigenvalue weighted by molar-refractivity contribution is 5.76. The third kappa shape index (κ3) is 4.31. The van der Waals surface area contributed by atoms with Gasteiger partial charge in [0.1, 0.15) is 5.60 Å². The molecule has 0 unspecified atom stereocenters. The Bertz CT molecular complexity index is 758. The van der Waals surface area contributed by atoms with Crippen LogP contribution in [0.15, 0.2) is 36.7 Å². The molecule has 0 spiro atoms. The number of rotatable bonds is 6. The molecule has 1 aromatic heterocycles. The largest absolute Gasteiger partial charge is 0.393 e. The van der Waals surface area contributed by atoms with Crippen molar-refractivity contribution in [3.8, 4) is 0 Å². The summed E-state index contributed by atoms with van der Waals surface area (Å²) in [6.07, 6.45) is 5.44. The maximum Gasteiger partial charge on any atom is 0.223 e. The molecule has 0 aliphatic carbocycles. The normalized spacial score (nSPS) is 20.3. The quantitative estimate of drug-likeness (QED) is 0.851. The first-order chi connectivity index (χ1) is 12.5. The summed E-state index contributed by atoms with van der Waals surface area (Å²) in [5, 5.41) is 14.2. The summed E-state index contributed by atoms with van der Waals surface area (Å²) in [4.78, 5) is 14.5. The predicted molar refractivity (Wildman–Crippen MR) is 98.8 cm³/mol. The average molecular weight is 357 g/mol. The van der Waals surface area contributed by atoms with Crippen LogP contribution in [0.3, 0.4) is 0 Å². The van der Waals surface area contributed by atoms with E-state index in [0.717, 1.165) is 11.1 Å². The van der Waals surface area contributed by atoms with Crippen LogP contribution in [0.2, 0.25) is 0 Å². The van der Waals surface area contributed by atoms with Crippen molar-refractivity contribution < 1.29 is 14.6 Å². The summed E-state index contributed by atoms with van der Waals surface area (Å²) >= 11 is 0. The van der Waals surface area contributed by atoms with E-state index in [9.17, 15) is 9.90 Å². The highest BCUT2D eigenvalue weighted by Crippen LogP contribution is 2.25. The average Bonchev–Trinajstić information content (AvgIpc) is 3.07. The molecule has 6 heteroatoms. The van der Waals surface area contributed by atoms with E-state index in [-0.39, 0.29) is 12.5 Å². The van der Waals surface area contributed by atoms with Gasteiger partial charge in [0.25, 0.3) is 0 Å². The second-order valence-corrected chi connectivity index (χ2v) is 7.13. The number of carbonyl (C=O) groups is 1. The van der Waals surface area contributed by atoms with Crippen LogP contribution >= 0.6 is 0 Å². The van der Waals surface area contributed by atoms with Crippen molar-refractivity contribution >= 4 is 5.91 Å². The molecule has 6 nitrogen and oxygen atoms in total. The number of aliphatic hydroxyl groups excluding tert-OH is 1. The monoisotopic (exact) mass is 357 g/mol. The molecule has 140 valence electrons. The first kappa shape index (κ1) is 18.6. The number of hydrogen-bond donors (Lipinski definition) is 1. The Labute approximate surface area is 154 Å². The minimum Gasteiger partial charge on any atom is -0.393 e. The van der Waals surface area contributed by atoms with Gasteiger partial charge in [0.2, 0.25) is 5.91 Å². The molecular weight excluding hydrogens is 330 g/mol. The number of hydrogen-bond acceptors (Lipinski definition) is 4. The number of aryl methyl sites for hydroxylation is 3. The first-order valence-electron chi connectivity index (χ1n) is 9.06. The Morgan fingerprint density at radius 3 is 2.88 bits per heavy atom. The van der Waals surface area contributed by atoms with Crippen LogP contribution in [0.5, 0.6) is 0 Å². The van der Waals surface area contributed by atoms with Crippen molar-refractivity contribution in [2.75, 3.05) is 26.3 Å². The van der Waals surface area contributed by atoms with Crippen molar-refractivity contribution in [1.82, 2.24) is 14.7 Å². The fraction of sp³-hybridized carbons (Fsp3) is 0.500. The molecule has 1 aliphatic heterocycles. The fourth-order valence-electron chi connectivity index (χ4n) is 3.48. The maximum absolute atomic E-state index is 12.7. The summed E-state index contributed by atoms with van der Waals surface area (Å²) in [5.74, 6) is 0.0970. The minimum absolute atomic E-state index is 0.0970. The van der Waals surface area contributed by atoms with Crippen LogP contribution in [0, 0.1) is 6.92 Å². The van der Waals surface area contributed by atoms with E-state index in [1.807, 2.05) is 30.3 Å². The lowest BCUT2D eigenvalue weighted by molar-refractivity contribution is -0.157. The molecular formula is C20H27N3O3. The molecule has 1 aromatic carbocycles. The summed E-state index contributed by atoms with van der Waals surface area (Å²) in [6, 6.07) is 8.10. The molecule has 1 aliphatic rings. The molecule has 2 aromatic rings. The van der Waals surface area contributed by atoms with Crippen LogP contribution in [0.1, 0.15) is 23.1 Å². The van der Waals surface area contributed by atoms with Crippen molar-refractivity contribution in [2.24, 2.45) is 7.05 Å². The van der Waals surface area contributed by atoms with Gasteiger partial charge in [-0.3, -0.25) is 9.48 Å². The summed E-state index contributed by atoms with van der Waals surface area (Å²) in [7, 11) is 1.87. The molecule has 1 amide bonds. The van der Waals surface area contributed by atoms with Crippen LogP contribution in [-0.2, 0) is 29.4 Å². The van der Waals surface area contributed by atoms with Gasteiger partial charge in [-0.05, 0) is 30.0 Å². The van der Waals surface area contributed by atoms with Gasteiger partial charge >= 0.3 is 0 Å². The van der Waals surface area contributed by atoms with Gasteiger partial charge in [-0.2, -0.15) is 5.10 Å². The highest BCUT2D eigenvalue weighted by Gasteiger charge is 2.38.